The lowest BCUT2D eigenvalue weighted by Gasteiger charge is -2.16. The summed E-state index contributed by atoms with van der Waals surface area (Å²) in [6.07, 6.45) is 0.914. The number of carbonyl (C=O) groups excluding carboxylic acids is 2. The average molecular weight is 356 g/mol. The number of hydrogen-bond acceptors (Lipinski definition) is 4. The van der Waals surface area contributed by atoms with Crippen molar-refractivity contribution in [3.63, 3.8) is 0 Å². The number of carbonyl (C=O) groups is 2. The van der Waals surface area contributed by atoms with Crippen molar-refractivity contribution in [2.75, 3.05) is 19.5 Å². The number of amides is 2. The third-order valence-electron chi connectivity index (χ3n) is 4.08. The Hall–Kier alpha value is -3.02. The predicted octanol–water partition coefficient (Wildman–Crippen LogP) is 3.08. The van der Waals surface area contributed by atoms with E-state index in [1.165, 1.54) is 0 Å². The number of rotatable bonds is 6. The molecule has 6 heteroatoms. The third-order valence-corrected chi connectivity index (χ3v) is 4.08. The van der Waals surface area contributed by atoms with Crippen LogP contribution >= 0.6 is 0 Å². The van der Waals surface area contributed by atoms with Crippen molar-refractivity contribution in [2.24, 2.45) is 0 Å². The van der Waals surface area contributed by atoms with Crippen LogP contribution < -0.4 is 20.1 Å². The van der Waals surface area contributed by atoms with Gasteiger partial charge in [0.25, 0.3) is 0 Å². The number of methoxy groups -OCH3 is 2. The van der Waals surface area contributed by atoms with Crippen molar-refractivity contribution < 1.29 is 19.1 Å². The molecule has 138 valence electrons. The van der Waals surface area contributed by atoms with Gasteiger partial charge in [0.1, 0.15) is 0 Å². The minimum absolute atomic E-state index is 0.365. The van der Waals surface area contributed by atoms with Gasteiger partial charge in [-0.05, 0) is 48.7 Å². The number of nitrogens with one attached hydrogen (secondary N) is 2. The van der Waals surface area contributed by atoms with Crippen molar-refractivity contribution in [1.29, 1.82) is 0 Å². The minimum atomic E-state index is -0.707. The fourth-order valence-corrected chi connectivity index (χ4v) is 2.48. The Labute approximate surface area is 153 Å². The van der Waals surface area contributed by atoms with E-state index in [9.17, 15) is 9.59 Å². The van der Waals surface area contributed by atoms with Gasteiger partial charge in [0.15, 0.2) is 11.5 Å². The second-order valence-electron chi connectivity index (χ2n) is 5.81. The van der Waals surface area contributed by atoms with E-state index >= 15 is 0 Å². The van der Waals surface area contributed by atoms with Crippen LogP contribution in [0.25, 0.3) is 0 Å². The molecule has 26 heavy (non-hydrogen) atoms. The van der Waals surface area contributed by atoms with Gasteiger partial charge in [-0.2, -0.15) is 0 Å². The van der Waals surface area contributed by atoms with Crippen molar-refractivity contribution in [3.05, 3.63) is 53.6 Å². The van der Waals surface area contributed by atoms with Gasteiger partial charge < -0.3 is 20.1 Å². The van der Waals surface area contributed by atoms with Crippen molar-refractivity contribution in [2.45, 2.75) is 26.3 Å². The first kappa shape index (κ1) is 19.3. The fraction of sp³-hybridized carbons (Fsp3) is 0.300. The Morgan fingerprint density at radius 2 is 1.62 bits per heavy atom. The highest BCUT2D eigenvalue weighted by Crippen LogP contribution is 2.29. The maximum absolute atomic E-state index is 12.2. The first-order valence-electron chi connectivity index (χ1n) is 8.41. The van der Waals surface area contributed by atoms with E-state index < -0.39 is 11.8 Å². The summed E-state index contributed by atoms with van der Waals surface area (Å²) in [6, 6.07) is 12.4. The van der Waals surface area contributed by atoms with Crippen LogP contribution in [0.1, 0.15) is 31.0 Å². The molecule has 0 aromatic heterocycles. The summed E-state index contributed by atoms with van der Waals surface area (Å²) in [4.78, 5) is 24.2. The van der Waals surface area contributed by atoms with Gasteiger partial charge in [0.2, 0.25) is 0 Å². The Morgan fingerprint density at radius 1 is 0.962 bits per heavy atom. The summed E-state index contributed by atoms with van der Waals surface area (Å²) in [6.45, 7) is 3.85. The molecule has 0 saturated carbocycles. The van der Waals surface area contributed by atoms with E-state index in [0.717, 1.165) is 17.5 Å². The smallest absolute Gasteiger partial charge is 0.313 e. The molecule has 0 bridgehead atoms. The lowest BCUT2D eigenvalue weighted by atomic mass is 10.1. The molecule has 0 aliphatic heterocycles. The van der Waals surface area contributed by atoms with Crippen LogP contribution in [0.2, 0.25) is 0 Å². The van der Waals surface area contributed by atoms with E-state index in [-0.39, 0.29) is 6.04 Å². The van der Waals surface area contributed by atoms with Crippen LogP contribution in [-0.2, 0) is 16.0 Å². The topological polar surface area (TPSA) is 76.7 Å². The molecule has 2 N–H and O–H groups in total. The number of hydrogen-bond donors (Lipinski definition) is 2. The molecule has 1 atom stereocenters. The molecular weight excluding hydrogens is 332 g/mol. The van der Waals surface area contributed by atoms with Crippen LogP contribution in [-0.4, -0.2) is 26.0 Å². The molecule has 0 aliphatic carbocycles. The Kier molecular flexibility index (Phi) is 6.60. The number of ether oxygens (including phenoxy) is 2. The molecule has 0 radical (unpaired) electrons. The summed E-state index contributed by atoms with van der Waals surface area (Å²) in [5.41, 5.74) is 2.55. The molecule has 2 rings (SSSR count). The van der Waals surface area contributed by atoms with Crippen molar-refractivity contribution >= 4 is 17.5 Å². The zero-order valence-electron chi connectivity index (χ0n) is 15.5. The quantitative estimate of drug-likeness (QED) is 0.780. The average Bonchev–Trinajstić information content (AvgIpc) is 2.67. The minimum Gasteiger partial charge on any atom is -0.493 e. The lowest BCUT2D eigenvalue weighted by Crippen LogP contribution is -2.36. The molecule has 2 aromatic carbocycles. The van der Waals surface area contributed by atoms with Gasteiger partial charge in [-0.15, -0.1) is 0 Å². The van der Waals surface area contributed by atoms with Crippen LogP contribution in [0.15, 0.2) is 42.5 Å². The fourth-order valence-electron chi connectivity index (χ4n) is 2.48. The van der Waals surface area contributed by atoms with E-state index in [1.54, 1.807) is 45.4 Å². The van der Waals surface area contributed by atoms with Gasteiger partial charge in [-0.3, -0.25) is 9.59 Å². The van der Waals surface area contributed by atoms with Gasteiger partial charge in [-0.25, -0.2) is 0 Å². The lowest BCUT2D eigenvalue weighted by molar-refractivity contribution is -0.136. The predicted molar refractivity (Wildman–Crippen MR) is 101 cm³/mol. The Balaban J connectivity index is 2.00. The zero-order chi connectivity index (χ0) is 19.1. The third kappa shape index (κ3) is 4.75. The molecule has 0 aliphatic rings. The highest BCUT2D eigenvalue weighted by molar-refractivity contribution is 6.39. The molecular formula is C20H24N2O4. The first-order valence-corrected chi connectivity index (χ1v) is 8.41. The molecule has 2 aromatic rings. The summed E-state index contributed by atoms with van der Waals surface area (Å²) in [5, 5.41) is 5.28. The molecule has 6 nitrogen and oxygen atoms in total. The van der Waals surface area contributed by atoms with Gasteiger partial charge >= 0.3 is 11.8 Å². The van der Waals surface area contributed by atoms with Gasteiger partial charge in [0.05, 0.1) is 20.3 Å². The summed E-state index contributed by atoms with van der Waals surface area (Å²) < 4.78 is 10.5. The van der Waals surface area contributed by atoms with E-state index in [4.69, 9.17) is 9.47 Å². The zero-order valence-corrected chi connectivity index (χ0v) is 15.5. The summed E-state index contributed by atoms with van der Waals surface area (Å²) >= 11 is 0. The molecule has 1 unspecified atom stereocenters. The second kappa shape index (κ2) is 8.89. The molecule has 0 spiro atoms. The van der Waals surface area contributed by atoms with Crippen molar-refractivity contribution in [1.82, 2.24) is 5.32 Å². The molecule has 0 fully saturated rings. The van der Waals surface area contributed by atoms with E-state index in [0.29, 0.717) is 17.2 Å². The largest absolute Gasteiger partial charge is 0.493 e. The number of benzene rings is 2. The normalized spacial score (nSPS) is 11.4. The van der Waals surface area contributed by atoms with Gasteiger partial charge in [-0.1, -0.05) is 25.1 Å². The second-order valence-corrected chi connectivity index (χ2v) is 5.81. The molecule has 0 heterocycles. The van der Waals surface area contributed by atoms with E-state index in [1.807, 2.05) is 18.2 Å². The highest BCUT2D eigenvalue weighted by Gasteiger charge is 2.18. The molecule has 2 amide bonds. The van der Waals surface area contributed by atoms with Gasteiger partial charge in [0, 0.05) is 5.69 Å². The van der Waals surface area contributed by atoms with Crippen LogP contribution in [0.3, 0.4) is 0 Å². The number of anilines is 1. The standard InChI is InChI=1S/C20H24N2O4/c1-5-14-6-9-16(10-7-14)22-20(24)19(23)21-13(2)15-8-11-17(25-3)18(12-15)26-4/h6-13H,5H2,1-4H3,(H,21,23)(H,22,24). The van der Waals surface area contributed by atoms with E-state index in [2.05, 4.69) is 17.6 Å². The SMILES string of the molecule is CCc1ccc(NC(=O)C(=O)NC(C)c2ccc(OC)c(OC)c2)cc1. The van der Waals surface area contributed by atoms with Crippen molar-refractivity contribution in [3.8, 4) is 11.5 Å². The summed E-state index contributed by atoms with van der Waals surface area (Å²) in [5.74, 6) is -0.247. The highest BCUT2D eigenvalue weighted by atomic mass is 16.5. The van der Waals surface area contributed by atoms with Crippen LogP contribution in [0, 0.1) is 0 Å². The Morgan fingerprint density at radius 3 is 2.19 bits per heavy atom. The van der Waals surface area contributed by atoms with Crippen LogP contribution in [0.4, 0.5) is 5.69 Å². The maximum Gasteiger partial charge on any atom is 0.313 e. The number of aryl methyl sites for hydroxylation is 1. The maximum atomic E-state index is 12.2. The van der Waals surface area contributed by atoms with Crippen LogP contribution in [0.5, 0.6) is 11.5 Å². The molecule has 0 saturated heterocycles. The first-order chi connectivity index (χ1) is 12.5. The Bertz CT molecular complexity index is 772. The summed E-state index contributed by atoms with van der Waals surface area (Å²) in [7, 11) is 3.10. The monoisotopic (exact) mass is 356 g/mol.